The van der Waals surface area contributed by atoms with Crippen molar-refractivity contribution in [2.45, 2.75) is 12.2 Å². The lowest BCUT2D eigenvalue weighted by Crippen LogP contribution is -2.30. The Hall–Kier alpha value is -1.56. The lowest BCUT2D eigenvalue weighted by atomic mass is 10.3. The van der Waals surface area contributed by atoms with Crippen LogP contribution in [-0.2, 0) is 0 Å². The van der Waals surface area contributed by atoms with Gasteiger partial charge in [0.15, 0.2) is 0 Å². The van der Waals surface area contributed by atoms with Crippen LogP contribution in [0.3, 0.4) is 0 Å². The van der Waals surface area contributed by atoms with Crippen molar-refractivity contribution in [1.82, 2.24) is 10.3 Å². The number of amides is 1. The van der Waals surface area contributed by atoms with E-state index in [1.54, 1.807) is 11.8 Å². The largest absolute Gasteiger partial charge is 0.477 e. The Bertz CT molecular complexity index is 423. The highest BCUT2D eigenvalue weighted by molar-refractivity contribution is 7.99. The highest BCUT2D eigenvalue weighted by Gasteiger charge is 2.11. The van der Waals surface area contributed by atoms with Crippen molar-refractivity contribution in [3.8, 4) is 0 Å². The van der Waals surface area contributed by atoms with Gasteiger partial charge in [0.05, 0.1) is 0 Å². The number of aromatic carboxylic acids is 1. The van der Waals surface area contributed by atoms with Crippen molar-refractivity contribution in [3.05, 3.63) is 29.6 Å². The van der Waals surface area contributed by atoms with E-state index in [4.69, 9.17) is 5.11 Å². The van der Waals surface area contributed by atoms with Gasteiger partial charge in [-0.3, -0.25) is 4.79 Å². The number of carboxylic acid groups (broad SMARTS) is 1. The van der Waals surface area contributed by atoms with Crippen LogP contribution >= 0.6 is 11.8 Å². The van der Waals surface area contributed by atoms with Gasteiger partial charge in [-0.25, -0.2) is 9.78 Å². The predicted octanol–water partition coefficient (Wildman–Crippen LogP) is 1.26. The minimum Gasteiger partial charge on any atom is -0.477 e. The van der Waals surface area contributed by atoms with Crippen LogP contribution in [0.5, 0.6) is 0 Å². The number of nitrogens with zero attached hydrogens (tertiary/aromatic N) is 1. The molecule has 1 amide bonds. The van der Waals surface area contributed by atoms with Crippen LogP contribution in [0.2, 0.25) is 0 Å². The van der Waals surface area contributed by atoms with Crippen molar-refractivity contribution in [3.63, 3.8) is 0 Å². The molecule has 92 valence electrons. The summed E-state index contributed by atoms with van der Waals surface area (Å²) in [5.41, 5.74) is -0.00577. The summed E-state index contributed by atoms with van der Waals surface area (Å²) in [6.07, 6.45) is 1.96. The van der Waals surface area contributed by atoms with Gasteiger partial charge in [-0.15, -0.1) is 0 Å². The number of pyridine rings is 1. The van der Waals surface area contributed by atoms with Gasteiger partial charge in [0.1, 0.15) is 11.4 Å². The predicted molar refractivity (Wildman–Crippen MR) is 66.5 cm³/mol. The van der Waals surface area contributed by atoms with E-state index < -0.39 is 5.97 Å². The zero-order valence-corrected chi connectivity index (χ0v) is 10.5. The Morgan fingerprint density at radius 2 is 2.12 bits per heavy atom. The smallest absolute Gasteiger partial charge is 0.354 e. The van der Waals surface area contributed by atoms with E-state index >= 15 is 0 Å². The summed E-state index contributed by atoms with van der Waals surface area (Å²) in [6.45, 7) is 2.52. The first-order chi connectivity index (χ1) is 8.04. The van der Waals surface area contributed by atoms with Crippen LogP contribution in [0.15, 0.2) is 18.2 Å². The molecule has 0 radical (unpaired) electrons. The molecular formula is C11H14N2O3S. The van der Waals surface area contributed by atoms with Crippen molar-refractivity contribution in [2.24, 2.45) is 0 Å². The summed E-state index contributed by atoms with van der Waals surface area (Å²) in [4.78, 5) is 26.1. The zero-order valence-electron chi connectivity index (χ0n) is 9.64. The Balaban J connectivity index is 2.69. The quantitative estimate of drug-likeness (QED) is 0.827. The molecule has 0 saturated carbocycles. The number of carbonyl (C=O) groups excluding carboxylic acids is 1. The molecule has 0 fully saturated rings. The molecule has 5 nitrogen and oxygen atoms in total. The average Bonchev–Trinajstić information content (AvgIpc) is 2.35. The average molecular weight is 254 g/mol. The molecule has 0 saturated heterocycles. The van der Waals surface area contributed by atoms with Gasteiger partial charge in [0.25, 0.3) is 5.91 Å². The van der Waals surface area contributed by atoms with Gasteiger partial charge >= 0.3 is 5.97 Å². The maximum absolute atomic E-state index is 11.7. The molecule has 0 aliphatic rings. The monoisotopic (exact) mass is 254 g/mol. The summed E-state index contributed by atoms with van der Waals surface area (Å²) in [6, 6.07) is 4.35. The SMILES string of the molecule is CSC(C)CNC(=O)c1cccc(C(=O)O)n1. The minimum absolute atomic E-state index is 0.123. The maximum atomic E-state index is 11.7. The molecule has 0 aromatic carbocycles. The first-order valence-electron chi connectivity index (χ1n) is 5.06. The molecule has 1 heterocycles. The van der Waals surface area contributed by atoms with E-state index in [1.165, 1.54) is 18.2 Å². The van der Waals surface area contributed by atoms with Crippen LogP contribution in [0.4, 0.5) is 0 Å². The van der Waals surface area contributed by atoms with Gasteiger partial charge in [-0.05, 0) is 18.4 Å². The van der Waals surface area contributed by atoms with Crippen molar-refractivity contribution in [1.29, 1.82) is 0 Å². The Morgan fingerprint density at radius 3 is 2.71 bits per heavy atom. The van der Waals surface area contributed by atoms with Crippen LogP contribution in [0.1, 0.15) is 27.9 Å². The second kappa shape index (κ2) is 6.24. The zero-order chi connectivity index (χ0) is 12.8. The highest BCUT2D eigenvalue weighted by atomic mass is 32.2. The highest BCUT2D eigenvalue weighted by Crippen LogP contribution is 2.04. The lowest BCUT2D eigenvalue weighted by molar-refractivity contribution is 0.0690. The van der Waals surface area contributed by atoms with Gasteiger partial charge in [0.2, 0.25) is 0 Å². The maximum Gasteiger partial charge on any atom is 0.354 e. The fraction of sp³-hybridized carbons (Fsp3) is 0.364. The standard InChI is InChI=1S/C11H14N2O3S/c1-7(17-2)6-12-10(14)8-4-3-5-9(13-8)11(15)16/h3-5,7H,6H2,1-2H3,(H,12,14)(H,15,16). The van der Waals surface area contributed by atoms with E-state index in [0.29, 0.717) is 11.8 Å². The molecule has 0 bridgehead atoms. The number of hydrogen-bond acceptors (Lipinski definition) is 4. The van der Waals surface area contributed by atoms with Gasteiger partial charge in [-0.1, -0.05) is 13.0 Å². The number of thioether (sulfide) groups is 1. The number of carbonyl (C=O) groups is 2. The molecule has 1 unspecified atom stereocenters. The number of nitrogens with one attached hydrogen (secondary N) is 1. The van der Waals surface area contributed by atoms with Crippen molar-refractivity contribution >= 4 is 23.6 Å². The fourth-order valence-electron chi connectivity index (χ4n) is 1.09. The van der Waals surface area contributed by atoms with E-state index in [2.05, 4.69) is 10.3 Å². The third-order valence-electron chi connectivity index (χ3n) is 2.15. The first kappa shape index (κ1) is 13.5. The molecule has 1 aromatic heterocycles. The van der Waals surface area contributed by atoms with Gasteiger partial charge in [-0.2, -0.15) is 11.8 Å². The van der Waals surface area contributed by atoms with Crippen LogP contribution in [-0.4, -0.2) is 40.0 Å². The topological polar surface area (TPSA) is 79.3 Å². The molecule has 1 rings (SSSR count). The molecule has 1 atom stereocenters. The number of hydrogen-bond donors (Lipinski definition) is 2. The molecule has 17 heavy (non-hydrogen) atoms. The molecule has 1 aromatic rings. The van der Waals surface area contributed by atoms with E-state index in [1.807, 2.05) is 13.2 Å². The van der Waals surface area contributed by atoms with Crippen LogP contribution in [0, 0.1) is 0 Å². The van der Waals surface area contributed by atoms with Crippen LogP contribution < -0.4 is 5.32 Å². The van der Waals surface area contributed by atoms with E-state index in [9.17, 15) is 9.59 Å². The van der Waals surface area contributed by atoms with Crippen LogP contribution in [0.25, 0.3) is 0 Å². The number of rotatable bonds is 5. The first-order valence-corrected chi connectivity index (χ1v) is 6.34. The van der Waals surface area contributed by atoms with Gasteiger partial charge in [0, 0.05) is 11.8 Å². The summed E-state index contributed by atoms with van der Waals surface area (Å²) in [5.74, 6) is -1.49. The molecule has 0 aliphatic heterocycles. The Kier molecular flexibility index (Phi) is 4.96. The fourth-order valence-corrected chi connectivity index (χ4v) is 1.34. The second-order valence-corrected chi connectivity index (χ2v) is 4.75. The van der Waals surface area contributed by atoms with E-state index in [0.717, 1.165) is 0 Å². The Morgan fingerprint density at radius 1 is 1.47 bits per heavy atom. The van der Waals surface area contributed by atoms with Crippen molar-refractivity contribution < 1.29 is 14.7 Å². The number of carboxylic acids is 1. The molecular weight excluding hydrogens is 240 g/mol. The summed E-state index contributed by atoms with van der Waals surface area (Å²) < 4.78 is 0. The molecule has 0 spiro atoms. The Labute approximate surface area is 104 Å². The number of aromatic nitrogens is 1. The molecule has 6 heteroatoms. The van der Waals surface area contributed by atoms with Crippen molar-refractivity contribution in [2.75, 3.05) is 12.8 Å². The van der Waals surface area contributed by atoms with E-state index in [-0.39, 0.29) is 17.3 Å². The second-order valence-electron chi connectivity index (χ2n) is 3.47. The minimum atomic E-state index is -1.14. The third-order valence-corrected chi connectivity index (χ3v) is 3.12. The third kappa shape index (κ3) is 4.07. The molecule has 2 N–H and O–H groups in total. The molecule has 0 aliphatic carbocycles. The summed E-state index contributed by atoms with van der Waals surface area (Å²) in [5, 5.41) is 11.8. The lowest BCUT2D eigenvalue weighted by Gasteiger charge is -2.09. The normalized spacial score (nSPS) is 11.9. The summed E-state index contributed by atoms with van der Waals surface area (Å²) in [7, 11) is 0. The summed E-state index contributed by atoms with van der Waals surface area (Å²) >= 11 is 1.64. The van der Waals surface area contributed by atoms with Gasteiger partial charge < -0.3 is 10.4 Å².